The zero-order valence-corrected chi connectivity index (χ0v) is 11.2. The highest BCUT2D eigenvalue weighted by molar-refractivity contribution is 6.30. The molecular weight excluding hydrogens is 236 g/mol. The van der Waals surface area contributed by atoms with E-state index in [0.29, 0.717) is 11.4 Å². The van der Waals surface area contributed by atoms with Crippen LogP contribution in [0.25, 0.3) is 0 Å². The van der Waals surface area contributed by atoms with Crippen LogP contribution in [0.1, 0.15) is 27.2 Å². The second kappa shape index (κ2) is 5.52. The molecule has 3 N–H and O–H groups in total. The van der Waals surface area contributed by atoms with Crippen LogP contribution in [0.2, 0.25) is 5.02 Å². The Morgan fingerprint density at radius 2 is 1.88 bits per heavy atom. The fraction of sp³-hybridized carbons (Fsp3) is 0.462. The fourth-order valence-electron chi connectivity index (χ4n) is 1.25. The highest BCUT2D eigenvalue weighted by Crippen LogP contribution is 2.20. The van der Waals surface area contributed by atoms with Crippen molar-refractivity contribution in [3.8, 4) is 0 Å². The summed E-state index contributed by atoms with van der Waals surface area (Å²) in [7, 11) is 0. The minimum absolute atomic E-state index is 0.0721. The van der Waals surface area contributed by atoms with Gasteiger partial charge in [0, 0.05) is 23.2 Å². The largest absolute Gasteiger partial charge is 0.327 e. The molecule has 0 fully saturated rings. The summed E-state index contributed by atoms with van der Waals surface area (Å²) in [6.07, 6.45) is 0.312. The summed E-state index contributed by atoms with van der Waals surface area (Å²) < 4.78 is 0. The SMILES string of the molecule is CC(C)(C)C(N)CC(=O)Nc1ccc(Cl)cc1. The monoisotopic (exact) mass is 254 g/mol. The van der Waals surface area contributed by atoms with E-state index in [1.165, 1.54) is 0 Å². The van der Waals surface area contributed by atoms with Crippen molar-refractivity contribution < 1.29 is 4.79 Å². The Balaban J connectivity index is 2.53. The standard InChI is InChI=1S/C13H19ClN2O/c1-13(2,3)11(15)8-12(17)16-10-6-4-9(14)5-7-10/h4-7,11H,8,15H2,1-3H3,(H,16,17). The molecule has 0 aliphatic heterocycles. The van der Waals surface area contributed by atoms with Crippen LogP contribution in [-0.2, 0) is 4.79 Å². The maximum Gasteiger partial charge on any atom is 0.225 e. The number of anilines is 1. The Morgan fingerprint density at radius 3 is 2.35 bits per heavy atom. The highest BCUT2D eigenvalue weighted by atomic mass is 35.5. The quantitative estimate of drug-likeness (QED) is 0.871. The molecule has 0 aliphatic rings. The van der Waals surface area contributed by atoms with Crippen LogP contribution in [0.4, 0.5) is 5.69 Å². The van der Waals surface area contributed by atoms with E-state index in [1.54, 1.807) is 24.3 Å². The number of hydrogen-bond acceptors (Lipinski definition) is 2. The lowest BCUT2D eigenvalue weighted by Gasteiger charge is -2.26. The van der Waals surface area contributed by atoms with E-state index in [0.717, 1.165) is 5.69 Å². The third kappa shape index (κ3) is 4.75. The van der Waals surface area contributed by atoms with Crippen LogP contribution in [0.3, 0.4) is 0 Å². The summed E-state index contributed by atoms with van der Waals surface area (Å²) in [5, 5.41) is 3.44. The van der Waals surface area contributed by atoms with E-state index in [9.17, 15) is 4.79 Å². The minimum Gasteiger partial charge on any atom is -0.327 e. The highest BCUT2D eigenvalue weighted by Gasteiger charge is 2.23. The number of amides is 1. The lowest BCUT2D eigenvalue weighted by molar-refractivity contribution is -0.117. The van der Waals surface area contributed by atoms with E-state index in [2.05, 4.69) is 5.32 Å². The molecule has 0 aliphatic carbocycles. The van der Waals surface area contributed by atoms with Gasteiger partial charge in [-0.15, -0.1) is 0 Å². The Bertz CT molecular complexity index is 381. The van der Waals surface area contributed by atoms with E-state index in [1.807, 2.05) is 20.8 Å². The van der Waals surface area contributed by atoms with E-state index in [-0.39, 0.29) is 17.4 Å². The van der Waals surface area contributed by atoms with Gasteiger partial charge in [-0.05, 0) is 29.7 Å². The molecule has 0 spiro atoms. The van der Waals surface area contributed by atoms with Gasteiger partial charge in [0.2, 0.25) is 5.91 Å². The number of carbonyl (C=O) groups excluding carboxylic acids is 1. The predicted molar refractivity (Wildman–Crippen MR) is 72.1 cm³/mol. The van der Waals surface area contributed by atoms with Gasteiger partial charge in [-0.2, -0.15) is 0 Å². The van der Waals surface area contributed by atoms with Gasteiger partial charge in [0.15, 0.2) is 0 Å². The smallest absolute Gasteiger partial charge is 0.225 e. The van der Waals surface area contributed by atoms with Crippen LogP contribution < -0.4 is 11.1 Å². The maximum absolute atomic E-state index is 11.7. The predicted octanol–water partition coefficient (Wildman–Crippen LogP) is 3.04. The summed E-state index contributed by atoms with van der Waals surface area (Å²) in [5.41, 5.74) is 6.61. The first-order chi connectivity index (χ1) is 7.79. The van der Waals surface area contributed by atoms with Crippen molar-refractivity contribution in [3.05, 3.63) is 29.3 Å². The Kier molecular flexibility index (Phi) is 4.54. The number of hydrogen-bond donors (Lipinski definition) is 2. The molecule has 1 rings (SSSR count). The minimum atomic E-state index is -0.158. The lowest BCUT2D eigenvalue weighted by Crippen LogP contribution is -2.38. The van der Waals surface area contributed by atoms with Gasteiger partial charge in [-0.25, -0.2) is 0 Å². The third-order valence-electron chi connectivity index (χ3n) is 2.65. The number of nitrogens with one attached hydrogen (secondary N) is 1. The van der Waals surface area contributed by atoms with Crippen molar-refractivity contribution >= 4 is 23.2 Å². The van der Waals surface area contributed by atoms with Gasteiger partial charge in [0.25, 0.3) is 0 Å². The van der Waals surface area contributed by atoms with Crippen molar-refractivity contribution in [2.45, 2.75) is 33.2 Å². The van der Waals surface area contributed by atoms with Gasteiger partial charge in [0.05, 0.1) is 0 Å². The first-order valence-electron chi connectivity index (χ1n) is 5.60. The molecule has 3 nitrogen and oxygen atoms in total. The number of benzene rings is 1. The molecule has 0 bridgehead atoms. The van der Waals surface area contributed by atoms with Gasteiger partial charge in [0.1, 0.15) is 0 Å². The summed E-state index contributed by atoms with van der Waals surface area (Å²) in [6.45, 7) is 6.06. The van der Waals surface area contributed by atoms with Crippen LogP contribution in [0.15, 0.2) is 24.3 Å². The van der Waals surface area contributed by atoms with Crippen molar-refractivity contribution in [2.24, 2.45) is 11.1 Å². The zero-order valence-electron chi connectivity index (χ0n) is 10.5. The van der Waals surface area contributed by atoms with E-state index < -0.39 is 0 Å². The second-order valence-corrected chi connectivity index (χ2v) is 5.67. The van der Waals surface area contributed by atoms with E-state index in [4.69, 9.17) is 17.3 Å². The summed E-state index contributed by atoms with van der Waals surface area (Å²) in [6, 6.07) is 6.85. The molecule has 0 saturated carbocycles. The van der Waals surface area contributed by atoms with Crippen molar-refractivity contribution in [1.82, 2.24) is 0 Å². The molecule has 0 aromatic heterocycles. The van der Waals surface area contributed by atoms with E-state index >= 15 is 0 Å². The molecular formula is C13H19ClN2O. The summed E-state index contributed by atoms with van der Waals surface area (Å²) in [5.74, 6) is -0.0743. The molecule has 1 amide bonds. The van der Waals surface area contributed by atoms with Gasteiger partial charge < -0.3 is 11.1 Å². The van der Waals surface area contributed by atoms with Gasteiger partial charge in [-0.3, -0.25) is 4.79 Å². The van der Waals surface area contributed by atoms with Crippen LogP contribution >= 0.6 is 11.6 Å². The summed E-state index contributed by atoms with van der Waals surface area (Å²) in [4.78, 5) is 11.7. The first kappa shape index (κ1) is 14.0. The molecule has 1 atom stereocenters. The molecule has 1 aromatic carbocycles. The number of halogens is 1. The number of rotatable bonds is 3. The average Bonchev–Trinajstić information content (AvgIpc) is 2.20. The Hall–Kier alpha value is -1.06. The molecule has 0 saturated heterocycles. The molecule has 0 heterocycles. The van der Waals surface area contributed by atoms with Gasteiger partial charge in [-0.1, -0.05) is 32.4 Å². The molecule has 0 radical (unpaired) electrons. The second-order valence-electron chi connectivity index (χ2n) is 5.23. The molecule has 17 heavy (non-hydrogen) atoms. The normalized spacial score (nSPS) is 13.2. The number of carbonyl (C=O) groups is 1. The average molecular weight is 255 g/mol. The Morgan fingerprint density at radius 1 is 1.35 bits per heavy atom. The lowest BCUT2D eigenvalue weighted by atomic mass is 9.85. The molecule has 1 unspecified atom stereocenters. The zero-order chi connectivity index (χ0) is 13.1. The molecule has 1 aromatic rings. The molecule has 4 heteroatoms. The Labute approximate surface area is 107 Å². The van der Waals surface area contributed by atoms with Crippen LogP contribution in [0.5, 0.6) is 0 Å². The van der Waals surface area contributed by atoms with Crippen molar-refractivity contribution in [3.63, 3.8) is 0 Å². The number of nitrogens with two attached hydrogens (primary N) is 1. The van der Waals surface area contributed by atoms with Crippen LogP contribution in [0, 0.1) is 5.41 Å². The topological polar surface area (TPSA) is 55.1 Å². The van der Waals surface area contributed by atoms with Crippen molar-refractivity contribution in [1.29, 1.82) is 0 Å². The van der Waals surface area contributed by atoms with Crippen LogP contribution in [-0.4, -0.2) is 11.9 Å². The third-order valence-corrected chi connectivity index (χ3v) is 2.90. The molecule has 94 valence electrons. The first-order valence-corrected chi connectivity index (χ1v) is 5.98. The fourth-order valence-corrected chi connectivity index (χ4v) is 1.38. The van der Waals surface area contributed by atoms with Crippen molar-refractivity contribution in [2.75, 3.05) is 5.32 Å². The summed E-state index contributed by atoms with van der Waals surface area (Å²) >= 11 is 5.76. The van der Waals surface area contributed by atoms with Gasteiger partial charge >= 0.3 is 0 Å². The maximum atomic E-state index is 11.7.